The third kappa shape index (κ3) is 2.98. The highest BCUT2D eigenvalue weighted by atomic mass is 79.9. The van der Waals surface area contributed by atoms with Gasteiger partial charge in [0, 0.05) is 16.1 Å². The zero-order chi connectivity index (χ0) is 14.7. The van der Waals surface area contributed by atoms with E-state index >= 15 is 0 Å². The average molecular weight is 331 g/mol. The molecular formula is C15H11BrN2O2. The van der Waals surface area contributed by atoms with Crippen LogP contribution in [0.25, 0.3) is 17.4 Å². The minimum absolute atomic E-state index is 0.145. The third-order valence-electron chi connectivity index (χ3n) is 2.69. The Kier molecular flexibility index (Phi) is 4.06. The fourth-order valence-corrected chi connectivity index (χ4v) is 2.38. The van der Waals surface area contributed by atoms with Gasteiger partial charge in [-0.3, -0.25) is 4.79 Å². The number of nitriles is 1. The molecule has 0 bridgehead atoms. The molecule has 0 unspecified atom stereocenters. The first-order valence-corrected chi connectivity index (χ1v) is 6.58. The van der Waals surface area contributed by atoms with Crippen molar-refractivity contribution in [2.45, 2.75) is 6.92 Å². The number of nitrogens with zero attached hydrogens (tertiary/aromatic N) is 1. The smallest absolute Gasteiger partial charge is 0.259 e. The van der Waals surface area contributed by atoms with Gasteiger partial charge in [-0.1, -0.05) is 22.0 Å². The molecule has 0 aliphatic rings. The first kappa shape index (κ1) is 14.1. The van der Waals surface area contributed by atoms with Crippen LogP contribution in [0.1, 0.15) is 11.3 Å². The van der Waals surface area contributed by atoms with Crippen molar-refractivity contribution in [3.05, 3.63) is 51.7 Å². The number of hydrogen-bond acceptors (Lipinski definition) is 3. The van der Waals surface area contributed by atoms with E-state index in [1.165, 1.54) is 6.08 Å². The van der Waals surface area contributed by atoms with Gasteiger partial charge in [0.05, 0.1) is 0 Å². The summed E-state index contributed by atoms with van der Waals surface area (Å²) < 4.78 is 6.52. The summed E-state index contributed by atoms with van der Waals surface area (Å²) in [6, 6.07) is 11.1. The Bertz CT molecular complexity index is 739. The summed E-state index contributed by atoms with van der Waals surface area (Å²) in [5, 5.41) is 8.79. The Labute approximate surface area is 124 Å². The normalized spacial score (nSPS) is 11.2. The van der Waals surface area contributed by atoms with E-state index in [1.54, 1.807) is 18.2 Å². The number of furan rings is 1. The lowest BCUT2D eigenvalue weighted by atomic mass is 10.1. The molecule has 0 aliphatic carbocycles. The van der Waals surface area contributed by atoms with E-state index in [2.05, 4.69) is 15.9 Å². The van der Waals surface area contributed by atoms with Crippen LogP contribution in [0.5, 0.6) is 0 Å². The molecule has 0 saturated carbocycles. The fourth-order valence-electron chi connectivity index (χ4n) is 1.70. The van der Waals surface area contributed by atoms with Crippen molar-refractivity contribution in [3.8, 4) is 17.4 Å². The number of nitrogens with two attached hydrogens (primary N) is 1. The maximum Gasteiger partial charge on any atom is 0.259 e. The zero-order valence-electron chi connectivity index (χ0n) is 10.7. The van der Waals surface area contributed by atoms with Crippen LogP contribution in [0.15, 0.2) is 44.8 Å². The Morgan fingerprint density at radius 1 is 1.40 bits per heavy atom. The van der Waals surface area contributed by atoms with Gasteiger partial charge in [0.1, 0.15) is 23.2 Å². The Balaban J connectivity index is 2.39. The lowest BCUT2D eigenvalue weighted by molar-refractivity contribution is -0.114. The number of aryl methyl sites for hydroxylation is 1. The maximum atomic E-state index is 11.0. The van der Waals surface area contributed by atoms with Crippen LogP contribution in [0.4, 0.5) is 0 Å². The third-order valence-corrected chi connectivity index (χ3v) is 3.35. The number of amides is 1. The van der Waals surface area contributed by atoms with Gasteiger partial charge in [0.15, 0.2) is 0 Å². The van der Waals surface area contributed by atoms with Crippen LogP contribution in [0.3, 0.4) is 0 Å². The molecule has 0 atom stereocenters. The summed E-state index contributed by atoms with van der Waals surface area (Å²) in [4.78, 5) is 11.0. The molecule has 0 radical (unpaired) electrons. The fraction of sp³-hybridized carbons (Fsp3) is 0.0667. The SMILES string of the molecule is Cc1ccc(-c2ccc(/C=C(\C#N)C(N)=O)o2)c(Br)c1. The summed E-state index contributed by atoms with van der Waals surface area (Å²) in [6.07, 6.45) is 1.33. The monoisotopic (exact) mass is 330 g/mol. The second-order valence-electron chi connectivity index (χ2n) is 4.22. The molecule has 0 spiro atoms. The van der Waals surface area contributed by atoms with Crippen LogP contribution in [0.2, 0.25) is 0 Å². The van der Waals surface area contributed by atoms with Gasteiger partial charge in [-0.2, -0.15) is 5.26 Å². The molecule has 20 heavy (non-hydrogen) atoms. The number of hydrogen-bond donors (Lipinski definition) is 1. The highest BCUT2D eigenvalue weighted by Crippen LogP contribution is 2.30. The van der Waals surface area contributed by atoms with Crippen molar-refractivity contribution in [1.82, 2.24) is 0 Å². The topological polar surface area (TPSA) is 80.0 Å². The van der Waals surface area contributed by atoms with Crippen LogP contribution in [0, 0.1) is 18.3 Å². The summed E-state index contributed by atoms with van der Waals surface area (Å²) in [5.41, 5.74) is 6.96. The molecule has 2 N–H and O–H groups in total. The molecule has 100 valence electrons. The van der Waals surface area contributed by atoms with E-state index in [4.69, 9.17) is 15.4 Å². The van der Waals surface area contributed by atoms with Gasteiger partial charge in [-0.15, -0.1) is 0 Å². The molecule has 1 heterocycles. The molecule has 4 nitrogen and oxygen atoms in total. The zero-order valence-corrected chi connectivity index (χ0v) is 12.3. The summed E-state index contributed by atoms with van der Waals surface area (Å²) >= 11 is 3.48. The number of benzene rings is 1. The van der Waals surface area contributed by atoms with Crippen LogP contribution >= 0.6 is 15.9 Å². The van der Waals surface area contributed by atoms with E-state index in [1.807, 2.05) is 25.1 Å². The highest BCUT2D eigenvalue weighted by molar-refractivity contribution is 9.10. The van der Waals surface area contributed by atoms with Gasteiger partial charge in [0.2, 0.25) is 0 Å². The van der Waals surface area contributed by atoms with Gasteiger partial charge in [-0.25, -0.2) is 0 Å². The lowest BCUT2D eigenvalue weighted by Gasteiger charge is -2.02. The Morgan fingerprint density at radius 3 is 2.75 bits per heavy atom. The van der Waals surface area contributed by atoms with Crippen molar-refractivity contribution in [2.75, 3.05) is 0 Å². The van der Waals surface area contributed by atoms with Crippen LogP contribution in [-0.2, 0) is 4.79 Å². The molecule has 1 aromatic carbocycles. The van der Waals surface area contributed by atoms with E-state index in [0.717, 1.165) is 15.6 Å². The Morgan fingerprint density at radius 2 is 2.15 bits per heavy atom. The largest absolute Gasteiger partial charge is 0.457 e. The quantitative estimate of drug-likeness (QED) is 0.691. The van der Waals surface area contributed by atoms with E-state index in [0.29, 0.717) is 11.5 Å². The minimum atomic E-state index is -0.776. The van der Waals surface area contributed by atoms with E-state index in [9.17, 15) is 4.79 Å². The van der Waals surface area contributed by atoms with Crippen molar-refractivity contribution >= 4 is 27.9 Å². The number of primary amides is 1. The predicted octanol–water partition coefficient (Wildman–Crippen LogP) is 3.41. The van der Waals surface area contributed by atoms with Crippen molar-refractivity contribution in [3.63, 3.8) is 0 Å². The minimum Gasteiger partial charge on any atom is -0.457 e. The number of carbonyl (C=O) groups excluding carboxylic acids is 1. The number of carbonyl (C=O) groups is 1. The Hall–Kier alpha value is -2.32. The summed E-state index contributed by atoms with van der Waals surface area (Å²) in [5.74, 6) is 0.273. The molecule has 0 saturated heterocycles. The number of rotatable bonds is 3. The van der Waals surface area contributed by atoms with E-state index < -0.39 is 5.91 Å². The van der Waals surface area contributed by atoms with Crippen molar-refractivity contribution in [2.24, 2.45) is 5.73 Å². The van der Waals surface area contributed by atoms with Gasteiger partial charge >= 0.3 is 0 Å². The molecule has 0 aliphatic heterocycles. The second kappa shape index (κ2) is 5.76. The summed E-state index contributed by atoms with van der Waals surface area (Å²) in [6.45, 7) is 2.00. The van der Waals surface area contributed by atoms with Crippen molar-refractivity contribution < 1.29 is 9.21 Å². The standard InChI is InChI=1S/C15H11BrN2O2/c1-9-2-4-12(13(16)6-9)14-5-3-11(20-14)7-10(8-17)15(18)19/h2-7H,1H3,(H2,18,19)/b10-7+. The van der Waals surface area contributed by atoms with Crippen LogP contribution in [-0.4, -0.2) is 5.91 Å². The molecular weight excluding hydrogens is 320 g/mol. The first-order chi connectivity index (χ1) is 9.51. The average Bonchev–Trinajstić information content (AvgIpc) is 2.83. The molecule has 1 aromatic heterocycles. The second-order valence-corrected chi connectivity index (χ2v) is 5.07. The van der Waals surface area contributed by atoms with Crippen molar-refractivity contribution in [1.29, 1.82) is 5.26 Å². The van der Waals surface area contributed by atoms with Gasteiger partial charge in [-0.05, 0) is 36.8 Å². The van der Waals surface area contributed by atoms with Gasteiger partial charge < -0.3 is 10.2 Å². The summed E-state index contributed by atoms with van der Waals surface area (Å²) in [7, 11) is 0. The predicted molar refractivity (Wildman–Crippen MR) is 79.4 cm³/mol. The lowest BCUT2D eigenvalue weighted by Crippen LogP contribution is -2.12. The van der Waals surface area contributed by atoms with Crippen LogP contribution < -0.4 is 5.73 Å². The molecule has 1 amide bonds. The molecule has 2 aromatic rings. The van der Waals surface area contributed by atoms with E-state index in [-0.39, 0.29) is 5.57 Å². The maximum absolute atomic E-state index is 11.0. The highest BCUT2D eigenvalue weighted by Gasteiger charge is 2.09. The molecule has 0 fully saturated rings. The molecule has 2 rings (SSSR count). The molecule has 5 heteroatoms. The van der Waals surface area contributed by atoms with Gasteiger partial charge in [0.25, 0.3) is 5.91 Å². The number of halogens is 1. The first-order valence-electron chi connectivity index (χ1n) is 5.79.